The number of ether oxygens (including phenoxy) is 3. The summed E-state index contributed by atoms with van der Waals surface area (Å²) >= 11 is 0. The number of hydrogen-bond acceptors (Lipinski definition) is 6. The number of aliphatic hydroxyl groups excluding tert-OH is 1. The van der Waals surface area contributed by atoms with Crippen LogP contribution >= 0.6 is 0 Å². The van der Waals surface area contributed by atoms with Gasteiger partial charge in [0.1, 0.15) is 19.0 Å². The van der Waals surface area contributed by atoms with Gasteiger partial charge in [-0.25, -0.2) is 18.4 Å². The molecule has 0 amide bonds. The summed E-state index contributed by atoms with van der Waals surface area (Å²) in [5.41, 5.74) is 1.55. The van der Waals surface area contributed by atoms with Crippen molar-refractivity contribution in [1.29, 1.82) is 0 Å². The van der Waals surface area contributed by atoms with Crippen LogP contribution < -0.4 is 9.92 Å². The molecular formula is C33H44F2O6Si. The van der Waals surface area contributed by atoms with Gasteiger partial charge in [-0.1, -0.05) is 64.2 Å². The van der Waals surface area contributed by atoms with E-state index in [1.165, 1.54) is 13.8 Å². The Balaban J connectivity index is 2.65. The van der Waals surface area contributed by atoms with Crippen LogP contribution in [0.3, 0.4) is 0 Å². The summed E-state index contributed by atoms with van der Waals surface area (Å²) in [6.45, 7) is 16.3. The first-order valence-corrected chi connectivity index (χ1v) is 17.6. The lowest BCUT2D eigenvalue weighted by Gasteiger charge is -2.24. The van der Waals surface area contributed by atoms with E-state index < -0.39 is 31.6 Å². The Morgan fingerprint density at radius 2 is 1.45 bits per heavy atom. The summed E-state index contributed by atoms with van der Waals surface area (Å²) < 4.78 is 48.2. The van der Waals surface area contributed by atoms with Crippen molar-refractivity contribution in [3.05, 3.63) is 71.3 Å². The van der Waals surface area contributed by atoms with Gasteiger partial charge in [0.15, 0.2) is 11.6 Å². The van der Waals surface area contributed by atoms with Gasteiger partial charge >= 0.3 is 11.9 Å². The minimum Gasteiger partial charge on any atom is -0.493 e. The predicted molar refractivity (Wildman–Crippen MR) is 164 cm³/mol. The summed E-state index contributed by atoms with van der Waals surface area (Å²) in [6, 6.07) is 7.28. The molecule has 230 valence electrons. The van der Waals surface area contributed by atoms with E-state index in [4.69, 9.17) is 19.3 Å². The number of halogens is 2. The second-order valence-corrected chi connectivity index (χ2v) is 16.1. The standard InChI is InChI=1S/C33H44F2O6Si/c1-8-9-17-42(6,7)28-14-13-27(29(34)30(28)35)24-18-25(20-40-32(37)22(2)3)31(39-16-12-10-11-15-36)26(19-24)21-41-33(38)23(4)5/h13-14,18-19,36H,2,4,8-12,15-17,20-21H2,1,3,5-7H3. The van der Waals surface area contributed by atoms with Crippen LogP contribution in [0.4, 0.5) is 8.78 Å². The van der Waals surface area contributed by atoms with Crippen LogP contribution in [0.2, 0.25) is 19.1 Å². The Hall–Kier alpha value is -3.30. The molecule has 0 unspecified atom stereocenters. The lowest BCUT2D eigenvalue weighted by atomic mass is 9.98. The molecule has 0 saturated carbocycles. The molecule has 0 bridgehead atoms. The third-order valence-corrected chi connectivity index (χ3v) is 10.4. The summed E-state index contributed by atoms with van der Waals surface area (Å²) in [7, 11) is -2.21. The van der Waals surface area contributed by atoms with Gasteiger partial charge in [-0.15, -0.1) is 0 Å². The monoisotopic (exact) mass is 602 g/mol. The Kier molecular flexibility index (Phi) is 13.6. The van der Waals surface area contributed by atoms with Gasteiger partial charge in [-0.05, 0) is 56.0 Å². The van der Waals surface area contributed by atoms with Crippen LogP contribution in [0.15, 0.2) is 48.6 Å². The SMILES string of the molecule is C=C(C)C(=O)OCc1cc(-c2ccc([Si](C)(C)CCCC)c(F)c2F)cc(COC(=O)C(=C)C)c1OCCCCCO. The average Bonchev–Trinajstić information content (AvgIpc) is 2.94. The fraction of sp³-hybridized carbons (Fsp3) is 0.455. The second kappa shape index (κ2) is 16.4. The highest BCUT2D eigenvalue weighted by molar-refractivity contribution is 6.89. The van der Waals surface area contributed by atoms with Gasteiger partial charge < -0.3 is 19.3 Å². The third kappa shape index (κ3) is 9.63. The number of rotatable bonds is 17. The van der Waals surface area contributed by atoms with E-state index in [1.807, 2.05) is 13.1 Å². The first-order chi connectivity index (χ1) is 19.8. The molecule has 0 atom stereocenters. The van der Waals surface area contributed by atoms with Gasteiger partial charge in [0, 0.05) is 34.4 Å². The largest absolute Gasteiger partial charge is 0.493 e. The third-order valence-electron chi connectivity index (χ3n) is 6.98. The molecule has 1 N–H and O–H groups in total. The molecule has 0 saturated heterocycles. The summed E-state index contributed by atoms with van der Waals surface area (Å²) in [4.78, 5) is 24.4. The Morgan fingerprint density at radius 3 is 1.95 bits per heavy atom. The van der Waals surface area contributed by atoms with E-state index >= 15 is 8.78 Å². The quantitative estimate of drug-likeness (QED) is 0.0898. The molecule has 2 aromatic carbocycles. The van der Waals surface area contributed by atoms with E-state index in [0.29, 0.717) is 40.5 Å². The van der Waals surface area contributed by atoms with E-state index in [9.17, 15) is 9.59 Å². The van der Waals surface area contributed by atoms with Gasteiger partial charge in [0.05, 0.1) is 14.7 Å². The van der Waals surface area contributed by atoms with Crippen molar-refractivity contribution >= 4 is 25.2 Å². The zero-order chi connectivity index (χ0) is 31.4. The molecular weight excluding hydrogens is 558 g/mol. The molecule has 0 spiro atoms. The van der Waals surface area contributed by atoms with E-state index in [1.54, 1.807) is 24.3 Å². The van der Waals surface area contributed by atoms with Crippen LogP contribution in [-0.2, 0) is 32.3 Å². The summed E-state index contributed by atoms with van der Waals surface area (Å²) in [6.07, 6.45) is 3.90. The maximum atomic E-state index is 15.7. The topological polar surface area (TPSA) is 82.1 Å². The lowest BCUT2D eigenvalue weighted by molar-refractivity contribution is -0.140. The van der Waals surface area contributed by atoms with Crippen LogP contribution in [0.5, 0.6) is 5.75 Å². The minimum absolute atomic E-state index is 0.0333. The summed E-state index contributed by atoms with van der Waals surface area (Å²) in [5.74, 6) is -2.74. The molecule has 0 aliphatic heterocycles. The maximum absolute atomic E-state index is 15.7. The lowest BCUT2D eigenvalue weighted by Crippen LogP contribution is -2.43. The molecule has 6 nitrogen and oxygen atoms in total. The van der Waals surface area contributed by atoms with Crippen LogP contribution in [0, 0.1) is 11.6 Å². The number of carbonyl (C=O) groups excluding carboxylic acids is 2. The Morgan fingerprint density at radius 1 is 0.881 bits per heavy atom. The first kappa shape index (κ1) is 34.9. The number of unbranched alkanes of at least 4 members (excludes halogenated alkanes) is 3. The smallest absolute Gasteiger partial charge is 0.333 e. The van der Waals surface area contributed by atoms with Gasteiger partial charge in [0.25, 0.3) is 0 Å². The maximum Gasteiger partial charge on any atom is 0.333 e. The van der Waals surface area contributed by atoms with Crippen molar-refractivity contribution < 1.29 is 37.7 Å². The van der Waals surface area contributed by atoms with Crippen LogP contribution in [0.1, 0.15) is 64.0 Å². The van der Waals surface area contributed by atoms with Crippen molar-refractivity contribution in [2.24, 2.45) is 0 Å². The van der Waals surface area contributed by atoms with Crippen molar-refractivity contribution in [3.8, 4) is 16.9 Å². The molecule has 0 aliphatic carbocycles. The molecule has 2 rings (SSSR count). The van der Waals surface area contributed by atoms with Gasteiger partial charge in [-0.3, -0.25) is 0 Å². The number of carbonyl (C=O) groups is 2. The number of hydrogen-bond donors (Lipinski definition) is 1. The fourth-order valence-electron chi connectivity index (χ4n) is 4.46. The summed E-state index contributed by atoms with van der Waals surface area (Å²) in [5, 5.41) is 9.51. The Labute approximate surface area is 249 Å². The first-order valence-electron chi connectivity index (χ1n) is 14.4. The van der Waals surface area contributed by atoms with E-state index in [2.05, 4.69) is 20.1 Å². The number of aliphatic hydroxyl groups is 1. The zero-order valence-electron chi connectivity index (χ0n) is 25.5. The normalized spacial score (nSPS) is 11.2. The molecule has 0 aromatic heterocycles. The number of benzene rings is 2. The van der Waals surface area contributed by atoms with Crippen molar-refractivity contribution in [2.45, 2.75) is 85.2 Å². The van der Waals surface area contributed by atoms with Crippen LogP contribution in [0.25, 0.3) is 11.1 Å². The second-order valence-electron chi connectivity index (χ2n) is 11.2. The molecule has 42 heavy (non-hydrogen) atoms. The van der Waals surface area contributed by atoms with Gasteiger partial charge in [-0.2, -0.15) is 0 Å². The molecule has 0 fully saturated rings. The van der Waals surface area contributed by atoms with Gasteiger partial charge in [0.2, 0.25) is 0 Å². The predicted octanol–water partition coefficient (Wildman–Crippen LogP) is 7.13. The minimum atomic E-state index is -2.21. The molecule has 0 aliphatic rings. The fourth-order valence-corrected chi connectivity index (χ4v) is 7.20. The highest BCUT2D eigenvalue weighted by Gasteiger charge is 2.29. The highest BCUT2D eigenvalue weighted by Crippen LogP contribution is 2.35. The number of esters is 2. The van der Waals surface area contributed by atoms with E-state index in [-0.39, 0.29) is 43.1 Å². The average molecular weight is 603 g/mol. The van der Waals surface area contributed by atoms with Crippen molar-refractivity contribution in [1.82, 2.24) is 0 Å². The molecule has 9 heteroatoms. The van der Waals surface area contributed by atoms with Crippen LogP contribution in [-0.4, -0.2) is 38.3 Å². The van der Waals surface area contributed by atoms with Crippen molar-refractivity contribution in [3.63, 3.8) is 0 Å². The van der Waals surface area contributed by atoms with Crippen molar-refractivity contribution in [2.75, 3.05) is 13.2 Å². The highest BCUT2D eigenvalue weighted by atomic mass is 28.3. The zero-order valence-corrected chi connectivity index (χ0v) is 26.5. The molecule has 2 aromatic rings. The Bertz CT molecular complexity index is 1240. The molecule has 0 radical (unpaired) electrons. The van der Waals surface area contributed by atoms with E-state index in [0.717, 1.165) is 25.3 Å². The molecule has 0 heterocycles.